The van der Waals surface area contributed by atoms with E-state index in [1.807, 2.05) is 18.2 Å². The summed E-state index contributed by atoms with van der Waals surface area (Å²) in [5.74, 6) is 1.52. The fourth-order valence-corrected chi connectivity index (χ4v) is 2.70. The Hall–Kier alpha value is -1.50. The molecule has 6 nitrogen and oxygen atoms in total. The van der Waals surface area contributed by atoms with Gasteiger partial charge in [0.25, 0.3) is 0 Å². The number of carbonyl (C=O) groups excluding carboxylic acids is 1. The molecule has 1 aliphatic heterocycles. The molecule has 0 radical (unpaired) electrons. The summed E-state index contributed by atoms with van der Waals surface area (Å²) < 4.78 is 10.5. The minimum atomic E-state index is 0. The van der Waals surface area contributed by atoms with E-state index < -0.39 is 0 Å². The zero-order chi connectivity index (χ0) is 16.5. The summed E-state index contributed by atoms with van der Waals surface area (Å²) in [4.78, 5) is 14.2. The maximum Gasteiger partial charge on any atom is 0.234 e. The van der Waals surface area contributed by atoms with Crippen molar-refractivity contribution in [3.05, 3.63) is 23.8 Å². The van der Waals surface area contributed by atoms with E-state index in [-0.39, 0.29) is 18.3 Å². The van der Waals surface area contributed by atoms with Gasteiger partial charge in [0, 0.05) is 19.6 Å². The lowest BCUT2D eigenvalue weighted by Crippen LogP contribution is -2.39. The van der Waals surface area contributed by atoms with Gasteiger partial charge >= 0.3 is 0 Å². The van der Waals surface area contributed by atoms with Crippen molar-refractivity contribution in [1.82, 2.24) is 15.5 Å². The zero-order valence-electron chi connectivity index (χ0n) is 14.5. The van der Waals surface area contributed by atoms with Crippen LogP contribution >= 0.6 is 12.4 Å². The highest BCUT2D eigenvalue weighted by Crippen LogP contribution is 2.27. The van der Waals surface area contributed by atoms with E-state index in [1.165, 1.54) is 0 Å². The van der Waals surface area contributed by atoms with Gasteiger partial charge < -0.3 is 20.1 Å². The largest absolute Gasteiger partial charge is 0.493 e. The van der Waals surface area contributed by atoms with Crippen molar-refractivity contribution in [3.8, 4) is 11.5 Å². The zero-order valence-corrected chi connectivity index (χ0v) is 15.3. The molecule has 0 unspecified atom stereocenters. The van der Waals surface area contributed by atoms with Crippen molar-refractivity contribution < 1.29 is 14.3 Å². The minimum Gasteiger partial charge on any atom is -0.493 e. The van der Waals surface area contributed by atoms with E-state index in [4.69, 9.17) is 9.47 Å². The van der Waals surface area contributed by atoms with Gasteiger partial charge in [0.05, 0.1) is 20.8 Å². The third-order valence-corrected chi connectivity index (χ3v) is 3.98. The Morgan fingerprint density at radius 3 is 2.75 bits per heavy atom. The third-order valence-electron chi connectivity index (χ3n) is 3.98. The maximum atomic E-state index is 12.0. The summed E-state index contributed by atoms with van der Waals surface area (Å²) in [6.07, 6.45) is 1.87. The maximum absolute atomic E-state index is 12.0. The van der Waals surface area contributed by atoms with Crippen LogP contribution in [0.3, 0.4) is 0 Å². The average molecular weight is 358 g/mol. The van der Waals surface area contributed by atoms with E-state index in [2.05, 4.69) is 15.5 Å². The second kappa shape index (κ2) is 11.1. The molecule has 0 atom stereocenters. The molecule has 0 spiro atoms. The average Bonchev–Trinajstić information content (AvgIpc) is 2.83. The first-order chi connectivity index (χ1) is 11.2. The molecule has 0 saturated carbocycles. The SMILES string of the molecule is COc1ccc(CCNC(=O)CN2CCCNCC2)cc1OC.Cl. The number of nitrogens with zero attached hydrogens (tertiary/aromatic N) is 1. The first kappa shape index (κ1) is 20.5. The first-order valence-corrected chi connectivity index (χ1v) is 8.13. The predicted octanol–water partition coefficient (Wildman–Crippen LogP) is 1.08. The Morgan fingerprint density at radius 1 is 1.21 bits per heavy atom. The highest BCUT2D eigenvalue weighted by Gasteiger charge is 2.12. The minimum absolute atomic E-state index is 0. The molecule has 24 heavy (non-hydrogen) atoms. The lowest BCUT2D eigenvalue weighted by atomic mass is 10.1. The van der Waals surface area contributed by atoms with Crippen molar-refractivity contribution in [3.63, 3.8) is 0 Å². The van der Waals surface area contributed by atoms with Crippen LogP contribution in [0.2, 0.25) is 0 Å². The van der Waals surface area contributed by atoms with E-state index in [0.717, 1.165) is 50.3 Å². The van der Waals surface area contributed by atoms with Gasteiger partial charge in [-0.2, -0.15) is 0 Å². The van der Waals surface area contributed by atoms with Crippen molar-refractivity contribution in [1.29, 1.82) is 0 Å². The highest BCUT2D eigenvalue weighted by atomic mass is 35.5. The number of methoxy groups -OCH3 is 2. The van der Waals surface area contributed by atoms with Crippen LogP contribution in [0.5, 0.6) is 11.5 Å². The summed E-state index contributed by atoms with van der Waals surface area (Å²) in [5.41, 5.74) is 1.11. The Balaban J connectivity index is 0.00000288. The predicted molar refractivity (Wildman–Crippen MR) is 97.4 cm³/mol. The third kappa shape index (κ3) is 6.55. The summed E-state index contributed by atoms with van der Waals surface area (Å²) in [6, 6.07) is 5.83. The molecule has 0 aromatic heterocycles. The first-order valence-electron chi connectivity index (χ1n) is 8.13. The van der Waals surface area contributed by atoms with Gasteiger partial charge in [-0.3, -0.25) is 9.69 Å². The molecular formula is C17H28ClN3O3. The van der Waals surface area contributed by atoms with Crippen LogP contribution in [-0.4, -0.2) is 64.3 Å². The summed E-state index contributed by atoms with van der Waals surface area (Å²) in [6.45, 7) is 5.02. The van der Waals surface area contributed by atoms with Gasteiger partial charge in [-0.05, 0) is 43.6 Å². The summed E-state index contributed by atoms with van der Waals surface area (Å²) in [7, 11) is 3.25. The van der Waals surface area contributed by atoms with E-state index in [1.54, 1.807) is 14.2 Å². The van der Waals surface area contributed by atoms with Crippen molar-refractivity contribution in [2.24, 2.45) is 0 Å². The van der Waals surface area contributed by atoms with Gasteiger partial charge in [0.15, 0.2) is 11.5 Å². The van der Waals surface area contributed by atoms with Crippen molar-refractivity contribution in [2.45, 2.75) is 12.8 Å². The standard InChI is InChI=1S/C17H27N3O3.ClH/c1-22-15-5-4-14(12-16(15)23-2)6-8-19-17(21)13-20-10-3-7-18-9-11-20;/h4-5,12,18H,3,6-11,13H2,1-2H3,(H,19,21);1H. The highest BCUT2D eigenvalue weighted by molar-refractivity contribution is 5.85. The fourth-order valence-electron chi connectivity index (χ4n) is 2.70. The molecule has 1 aromatic rings. The molecule has 0 bridgehead atoms. The van der Waals surface area contributed by atoms with Gasteiger partial charge in [-0.15, -0.1) is 12.4 Å². The summed E-state index contributed by atoms with van der Waals surface area (Å²) >= 11 is 0. The molecule has 1 saturated heterocycles. The number of amides is 1. The van der Waals surface area contributed by atoms with Gasteiger partial charge in [-0.1, -0.05) is 6.07 Å². The number of halogens is 1. The Labute approximate surface area is 150 Å². The molecule has 1 fully saturated rings. The number of ether oxygens (including phenoxy) is 2. The van der Waals surface area contributed by atoms with Crippen molar-refractivity contribution >= 4 is 18.3 Å². The second-order valence-electron chi connectivity index (χ2n) is 5.67. The lowest BCUT2D eigenvalue weighted by molar-refractivity contribution is -0.122. The fraction of sp³-hybridized carbons (Fsp3) is 0.588. The van der Waals surface area contributed by atoms with Crippen molar-refractivity contribution in [2.75, 3.05) is 53.5 Å². The molecule has 7 heteroatoms. The number of benzene rings is 1. The molecule has 1 heterocycles. The lowest BCUT2D eigenvalue weighted by Gasteiger charge is -2.18. The van der Waals surface area contributed by atoms with Gasteiger partial charge in [0.2, 0.25) is 5.91 Å². The van der Waals surface area contributed by atoms with E-state index in [9.17, 15) is 4.79 Å². The molecule has 1 amide bonds. The van der Waals surface area contributed by atoms with Crippen LogP contribution in [0, 0.1) is 0 Å². The van der Waals surface area contributed by atoms with Gasteiger partial charge in [-0.25, -0.2) is 0 Å². The van der Waals surface area contributed by atoms with Crippen LogP contribution in [0.1, 0.15) is 12.0 Å². The number of hydrogen-bond acceptors (Lipinski definition) is 5. The van der Waals surface area contributed by atoms with Gasteiger partial charge in [0.1, 0.15) is 0 Å². The van der Waals surface area contributed by atoms with Crippen LogP contribution in [-0.2, 0) is 11.2 Å². The number of nitrogens with one attached hydrogen (secondary N) is 2. The smallest absolute Gasteiger partial charge is 0.234 e. The number of carbonyl (C=O) groups is 1. The molecular weight excluding hydrogens is 330 g/mol. The monoisotopic (exact) mass is 357 g/mol. The number of rotatable bonds is 7. The Kier molecular flexibility index (Phi) is 9.52. The van der Waals surface area contributed by atoms with Crippen LogP contribution in [0.4, 0.5) is 0 Å². The van der Waals surface area contributed by atoms with Crippen LogP contribution in [0.15, 0.2) is 18.2 Å². The van der Waals surface area contributed by atoms with E-state index in [0.29, 0.717) is 18.8 Å². The second-order valence-corrected chi connectivity index (χ2v) is 5.67. The molecule has 1 aliphatic rings. The molecule has 136 valence electrons. The number of hydrogen-bond donors (Lipinski definition) is 2. The van der Waals surface area contributed by atoms with Crippen LogP contribution in [0.25, 0.3) is 0 Å². The topological polar surface area (TPSA) is 62.8 Å². The van der Waals surface area contributed by atoms with Crippen LogP contribution < -0.4 is 20.1 Å². The molecule has 0 aliphatic carbocycles. The molecule has 2 rings (SSSR count). The summed E-state index contributed by atoms with van der Waals surface area (Å²) in [5, 5.41) is 6.33. The molecule has 2 N–H and O–H groups in total. The Morgan fingerprint density at radius 2 is 2.00 bits per heavy atom. The normalized spacial score (nSPS) is 15.1. The van der Waals surface area contributed by atoms with E-state index >= 15 is 0 Å². The molecule has 1 aromatic carbocycles. The Bertz CT molecular complexity index is 506. The quantitative estimate of drug-likeness (QED) is 0.764.